The van der Waals surface area contributed by atoms with Gasteiger partial charge in [-0.1, -0.05) is 26.7 Å². The molecule has 0 rings (SSSR count). The first-order chi connectivity index (χ1) is 7.70. The minimum atomic E-state index is -0.499. The molecule has 0 unspecified atom stereocenters. The molecular weight excluding hydrogens is 296 g/mol. The van der Waals surface area contributed by atoms with Gasteiger partial charge in [-0.15, -0.1) is 0 Å². The summed E-state index contributed by atoms with van der Waals surface area (Å²) >= 11 is 0. The zero-order valence-corrected chi connectivity index (χ0v) is 10.0. The molecule has 0 N–H and O–H groups in total. The van der Waals surface area contributed by atoms with Crippen LogP contribution in [0.5, 0.6) is 0 Å². The van der Waals surface area contributed by atoms with Crippen LogP contribution in [0.1, 0.15) is 39.5 Å². The van der Waals surface area contributed by atoms with Crippen LogP contribution in [0.3, 0.4) is 0 Å². The van der Waals surface area contributed by atoms with Gasteiger partial charge in [0.05, 0.1) is 13.2 Å². The van der Waals surface area contributed by atoms with E-state index in [0.29, 0.717) is 13.2 Å². The standard InChI is InChI=1S/C12H20O4.Sr.2H/c1-3-5-9-15-11(13)7-8-12(14)16-10-6-4-2;;;/h7-8H,3-6,9-10H2,1-2H3;;;/b8-7+;;;. The minimum absolute atomic E-state index is 0. The third-order valence-corrected chi connectivity index (χ3v) is 1.84. The van der Waals surface area contributed by atoms with Gasteiger partial charge in [0.1, 0.15) is 0 Å². The summed E-state index contributed by atoms with van der Waals surface area (Å²) in [4.78, 5) is 22.1. The molecule has 0 aliphatic heterocycles. The molecule has 0 heterocycles. The molecule has 0 fully saturated rings. The first-order valence-electron chi connectivity index (χ1n) is 5.72. The van der Waals surface area contributed by atoms with Crippen LogP contribution in [0, 0.1) is 0 Å². The number of hydrogen-bond acceptors (Lipinski definition) is 4. The second-order valence-corrected chi connectivity index (χ2v) is 3.38. The summed E-state index contributed by atoms with van der Waals surface area (Å²) in [5, 5.41) is 0. The van der Waals surface area contributed by atoms with Crippen LogP contribution in [0.2, 0.25) is 0 Å². The second kappa shape index (κ2) is 14.2. The van der Waals surface area contributed by atoms with Crippen LogP contribution in [0.4, 0.5) is 0 Å². The van der Waals surface area contributed by atoms with Crippen molar-refractivity contribution in [2.75, 3.05) is 13.2 Å². The Bertz CT molecular complexity index is 215. The normalized spacial score (nSPS) is 9.76. The summed E-state index contributed by atoms with van der Waals surface area (Å²) < 4.78 is 9.65. The monoisotopic (exact) mass is 318 g/mol. The fraction of sp³-hybridized carbons (Fsp3) is 0.667. The zero-order chi connectivity index (χ0) is 12.2. The molecule has 0 radical (unpaired) electrons. The van der Waals surface area contributed by atoms with E-state index in [9.17, 15) is 9.59 Å². The molecule has 0 atom stereocenters. The van der Waals surface area contributed by atoms with Crippen LogP contribution in [0.25, 0.3) is 0 Å². The quantitative estimate of drug-likeness (QED) is 0.293. The molecule has 4 nitrogen and oxygen atoms in total. The molecule has 0 aromatic heterocycles. The predicted octanol–water partition coefficient (Wildman–Crippen LogP) is 1.31. The van der Waals surface area contributed by atoms with E-state index in [-0.39, 0.29) is 45.5 Å². The number of hydrogen-bond donors (Lipinski definition) is 0. The van der Waals surface area contributed by atoms with Gasteiger partial charge < -0.3 is 9.47 Å². The van der Waals surface area contributed by atoms with Crippen molar-refractivity contribution in [3.05, 3.63) is 12.2 Å². The topological polar surface area (TPSA) is 52.6 Å². The zero-order valence-electron chi connectivity index (χ0n) is 10.0. The Morgan fingerprint density at radius 2 is 1.24 bits per heavy atom. The number of carbonyl (C=O) groups is 2. The second-order valence-electron chi connectivity index (χ2n) is 3.38. The first kappa shape index (κ1) is 19.5. The molecule has 0 aliphatic rings. The van der Waals surface area contributed by atoms with Crippen LogP contribution < -0.4 is 0 Å². The van der Waals surface area contributed by atoms with Crippen LogP contribution in [-0.4, -0.2) is 70.6 Å². The van der Waals surface area contributed by atoms with E-state index in [4.69, 9.17) is 9.47 Å². The van der Waals surface area contributed by atoms with E-state index in [1.54, 1.807) is 0 Å². The van der Waals surface area contributed by atoms with Crippen molar-refractivity contribution in [3.8, 4) is 0 Å². The van der Waals surface area contributed by atoms with Crippen molar-refractivity contribution in [2.45, 2.75) is 39.5 Å². The molecule has 5 heteroatoms. The van der Waals surface area contributed by atoms with Gasteiger partial charge in [-0.25, -0.2) is 9.59 Å². The molecule has 0 aromatic rings. The van der Waals surface area contributed by atoms with E-state index >= 15 is 0 Å². The molecule has 0 aliphatic carbocycles. The van der Waals surface area contributed by atoms with Crippen molar-refractivity contribution in [3.63, 3.8) is 0 Å². The molecular formula is C12H22O4Sr. The Morgan fingerprint density at radius 3 is 1.53 bits per heavy atom. The number of rotatable bonds is 8. The van der Waals surface area contributed by atoms with Crippen molar-refractivity contribution in [1.82, 2.24) is 0 Å². The Hall–Kier alpha value is 0.161. The fourth-order valence-corrected chi connectivity index (χ4v) is 0.867. The first-order valence-corrected chi connectivity index (χ1v) is 5.72. The third kappa shape index (κ3) is 14.1. The van der Waals surface area contributed by atoms with Gasteiger partial charge in [0.15, 0.2) is 0 Å². The summed E-state index contributed by atoms with van der Waals surface area (Å²) in [5.74, 6) is -0.998. The van der Waals surface area contributed by atoms with Gasteiger partial charge in [0.2, 0.25) is 0 Å². The summed E-state index contributed by atoms with van der Waals surface area (Å²) in [6, 6.07) is 0. The number of esters is 2. The molecule has 0 saturated heterocycles. The summed E-state index contributed by atoms with van der Waals surface area (Å²) in [6.45, 7) is 4.80. The fourth-order valence-electron chi connectivity index (χ4n) is 0.867. The van der Waals surface area contributed by atoms with Crippen LogP contribution in [-0.2, 0) is 19.1 Å². The summed E-state index contributed by atoms with van der Waals surface area (Å²) in [6.07, 6.45) is 5.81. The van der Waals surface area contributed by atoms with Gasteiger partial charge in [0, 0.05) is 12.2 Å². The Morgan fingerprint density at radius 1 is 0.882 bits per heavy atom. The number of ether oxygens (including phenoxy) is 2. The Labute approximate surface area is 140 Å². The summed E-state index contributed by atoms with van der Waals surface area (Å²) in [7, 11) is 0. The maximum atomic E-state index is 11.0. The number of carbonyl (C=O) groups excluding carboxylic acids is 2. The van der Waals surface area contributed by atoms with E-state index in [2.05, 4.69) is 0 Å². The van der Waals surface area contributed by atoms with E-state index in [1.807, 2.05) is 13.8 Å². The van der Waals surface area contributed by atoms with E-state index in [1.165, 1.54) is 0 Å². The van der Waals surface area contributed by atoms with Crippen LogP contribution >= 0.6 is 0 Å². The van der Waals surface area contributed by atoms with Crippen LogP contribution in [0.15, 0.2) is 12.2 Å². The molecule has 0 bridgehead atoms. The Balaban J connectivity index is 0. The molecule has 0 saturated carbocycles. The van der Waals surface area contributed by atoms with Gasteiger partial charge in [-0.05, 0) is 12.8 Å². The van der Waals surface area contributed by atoms with Crippen molar-refractivity contribution >= 4 is 57.4 Å². The third-order valence-electron chi connectivity index (χ3n) is 1.84. The van der Waals surface area contributed by atoms with Gasteiger partial charge in [-0.3, -0.25) is 0 Å². The SMILES string of the molecule is CCCCOC(=O)/C=C/C(=O)OCCCC.[SrH2]. The molecule has 0 spiro atoms. The average Bonchev–Trinajstić information content (AvgIpc) is 2.27. The number of unbranched alkanes of at least 4 members (excludes halogenated alkanes) is 2. The van der Waals surface area contributed by atoms with Crippen molar-refractivity contribution in [1.29, 1.82) is 0 Å². The van der Waals surface area contributed by atoms with Gasteiger partial charge in [0.25, 0.3) is 0 Å². The van der Waals surface area contributed by atoms with Gasteiger partial charge >= 0.3 is 57.4 Å². The molecule has 0 aromatic carbocycles. The maximum absolute atomic E-state index is 11.0. The Kier molecular flexibility index (Phi) is 16.3. The molecule has 0 amide bonds. The van der Waals surface area contributed by atoms with Crippen molar-refractivity contribution in [2.24, 2.45) is 0 Å². The van der Waals surface area contributed by atoms with Crippen molar-refractivity contribution < 1.29 is 19.1 Å². The van der Waals surface area contributed by atoms with E-state index < -0.39 is 11.9 Å². The van der Waals surface area contributed by atoms with E-state index in [0.717, 1.165) is 37.8 Å². The summed E-state index contributed by atoms with van der Waals surface area (Å²) in [5.41, 5.74) is 0. The predicted molar refractivity (Wildman–Crippen MR) is 69.4 cm³/mol. The van der Waals surface area contributed by atoms with Gasteiger partial charge in [-0.2, -0.15) is 0 Å². The molecule has 96 valence electrons. The average molecular weight is 318 g/mol. The molecule has 17 heavy (non-hydrogen) atoms.